The van der Waals surface area contributed by atoms with Gasteiger partial charge in [-0.15, -0.1) is 0 Å². The van der Waals surface area contributed by atoms with E-state index >= 15 is 0 Å². The van der Waals surface area contributed by atoms with Crippen LogP contribution in [0.2, 0.25) is 0 Å². The Labute approximate surface area is 178 Å². The predicted octanol–water partition coefficient (Wildman–Crippen LogP) is 4.94. The maximum absolute atomic E-state index is 13.1. The minimum atomic E-state index is -0.946. The number of ether oxygens (including phenoxy) is 1. The fraction of sp³-hybridized carbons (Fsp3) is 0.560. The molecule has 0 saturated heterocycles. The Kier molecular flexibility index (Phi) is 5.94. The molecule has 0 spiro atoms. The van der Waals surface area contributed by atoms with Crippen molar-refractivity contribution in [2.24, 2.45) is 16.7 Å². The van der Waals surface area contributed by atoms with Crippen molar-refractivity contribution < 1.29 is 24.2 Å². The zero-order valence-electron chi connectivity index (χ0n) is 18.6. The van der Waals surface area contributed by atoms with Gasteiger partial charge in [-0.3, -0.25) is 14.4 Å². The van der Waals surface area contributed by atoms with Crippen LogP contribution in [0.25, 0.3) is 0 Å². The monoisotopic (exact) mass is 412 g/mol. The molecule has 2 aliphatic rings. The second-order valence-electron chi connectivity index (χ2n) is 10.2. The summed E-state index contributed by atoms with van der Waals surface area (Å²) in [4.78, 5) is 39.4. The predicted molar refractivity (Wildman–Crippen MR) is 115 cm³/mol. The summed E-state index contributed by atoms with van der Waals surface area (Å²) >= 11 is 0. The first-order valence-corrected chi connectivity index (χ1v) is 10.7. The molecule has 0 aliphatic heterocycles. The number of benzene rings is 1. The standard InChI is InChI=1S/C25H32O5/c1-6-30-16-9-7-15(8-10-16)21(22-17(26)11-24(2,3)12-18(22)27)23-19(28)13-25(4,5)14-20(23)29/h7-10,21-22,28H,6,11-14H2,1-5H3/t21-/m0/s1. The van der Waals surface area contributed by atoms with Crippen molar-refractivity contribution in [1.29, 1.82) is 0 Å². The molecule has 5 heteroatoms. The molecule has 5 nitrogen and oxygen atoms in total. The maximum Gasteiger partial charge on any atom is 0.163 e. The van der Waals surface area contributed by atoms with Crippen LogP contribution in [0.15, 0.2) is 35.6 Å². The van der Waals surface area contributed by atoms with Crippen LogP contribution in [0.3, 0.4) is 0 Å². The van der Waals surface area contributed by atoms with Gasteiger partial charge < -0.3 is 9.84 Å². The van der Waals surface area contributed by atoms with Crippen molar-refractivity contribution in [3.8, 4) is 5.75 Å². The van der Waals surface area contributed by atoms with Gasteiger partial charge in [0.05, 0.1) is 12.5 Å². The van der Waals surface area contributed by atoms with E-state index < -0.39 is 11.8 Å². The Morgan fingerprint density at radius 3 is 1.97 bits per heavy atom. The first-order chi connectivity index (χ1) is 13.9. The van der Waals surface area contributed by atoms with Crippen LogP contribution in [0.1, 0.15) is 71.8 Å². The molecule has 1 aromatic carbocycles. The molecule has 2 aliphatic carbocycles. The highest BCUT2D eigenvalue weighted by Gasteiger charge is 2.48. The van der Waals surface area contributed by atoms with Crippen molar-refractivity contribution in [3.05, 3.63) is 41.2 Å². The molecule has 0 amide bonds. The summed E-state index contributed by atoms with van der Waals surface area (Å²) in [5.74, 6) is -1.54. The van der Waals surface area contributed by atoms with Crippen LogP contribution in [0, 0.1) is 16.7 Å². The van der Waals surface area contributed by atoms with E-state index in [1.54, 1.807) is 24.3 Å². The lowest BCUT2D eigenvalue weighted by atomic mass is 9.62. The largest absolute Gasteiger partial charge is 0.512 e. The number of hydrogen-bond donors (Lipinski definition) is 1. The zero-order valence-corrected chi connectivity index (χ0v) is 18.6. The highest BCUT2D eigenvalue weighted by molar-refractivity contribution is 6.09. The van der Waals surface area contributed by atoms with Crippen molar-refractivity contribution in [2.45, 2.75) is 66.2 Å². The Balaban J connectivity index is 2.11. The van der Waals surface area contributed by atoms with Crippen molar-refractivity contribution in [2.75, 3.05) is 6.61 Å². The fourth-order valence-corrected chi connectivity index (χ4v) is 4.90. The normalized spacial score (nSPS) is 22.9. The average molecular weight is 413 g/mol. The summed E-state index contributed by atoms with van der Waals surface area (Å²) < 4.78 is 5.51. The lowest BCUT2D eigenvalue weighted by molar-refractivity contribution is -0.140. The first kappa shape index (κ1) is 22.3. The Morgan fingerprint density at radius 2 is 1.47 bits per heavy atom. The average Bonchev–Trinajstić information content (AvgIpc) is 2.58. The van der Waals surface area contributed by atoms with Crippen molar-refractivity contribution in [1.82, 2.24) is 0 Å². The van der Waals surface area contributed by atoms with Gasteiger partial charge in [-0.05, 0) is 35.4 Å². The molecule has 0 radical (unpaired) electrons. The molecule has 0 aromatic heterocycles. The third kappa shape index (κ3) is 4.50. The van der Waals surface area contributed by atoms with Crippen LogP contribution < -0.4 is 4.74 Å². The lowest BCUT2D eigenvalue weighted by Gasteiger charge is -2.39. The van der Waals surface area contributed by atoms with Gasteiger partial charge in [0, 0.05) is 37.2 Å². The number of aliphatic hydroxyl groups excluding tert-OH is 1. The highest BCUT2D eigenvalue weighted by Crippen LogP contribution is 2.47. The van der Waals surface area contributed by atoms with Gasteiger partial charge in [0.2, 0.25) is 0 Å². The van der Waals surface area contributed by atoms with E-state index in [-0.39, 0.29) is 58.8 Å². The van der Waals surface area contributed by atoms with Gasteiger partial charge in [0.25, 0.3) is 0 Å². The van der Waals surface area contributed by atoms with Crippen molar-refractivity contribution >= 4 is 17.3 Å². The minimum absolute atomic E-state index is 0.000526. The number of allylic oxidation sites excluding steroid dienone is 2. The molecule has 1 aromatic rings. The molecule has 1 N–H and O–H groups in total. The van der Waals surface area contributed by atoms with Crippen LogP contribution >= 0.6 is 0 Å². The maximum atomic E-state index is 13.1. The zero-order chi connectivity index (χ0) is 22.3. The second kappa shape index (κ2) is 8.01. The highest BCUT2D eigenvalue weighted by atomic mass is 16.5. The summed E-state index contributed by atoms with van der Waals surface area (Å²) in [6, 6.07) is 7.15. The quantitative estimate of drug-likeness (QED) is 0.693. The molecule has 0 heterocycles. The van der Waals surface area contributed by atoms with Crippen LogP contribution in [0.5, 0.6) is 5.75 Å². The van der Waals surface area contributed by atoms with Gasteiger partial charge >= 0.3 is 0 Å². The number of carbonyl (C=O) groups is 3. The smallest absolute Gasteiger partial charge is 0.163 e. The number of hydrogen-bond acceptors (Lipinski definition) is 5. The van der Waals surface area contributed by atoms with E-state index in [0.29, 0.717) is 24.3 Å². The van der Waals surface area contributed by atoms with E-state index in [0.717, 1.165) is 0 Å². The minimum Gasteiger partial charge on any atom is -0.512 e. The number of ketones is 3. The summed E-state index contributed by atoms with van der Waals surface area (Å²) in [7, 11) is 0. The van der Waals surface area contributed by atoms with Gasteiger partial charge in [-0.25, -0.2) is 0 Å². The molecule has 162 valence electrons. The number of carbonyl (C=O) groups excluding carboxylic acids is 3. The molecular weight excluding hydrogens is 380 g/mol. The fourth-order valence-electron chi connectivity index (χ4n) is 4.90. The van der Waals surface area contributed by atoms with Crippen LogP contribution in [0.4, 0.5) is 0 Å². The Bertz CT molecular complexity index is 869. The molecule has 1 saturated carbocycles. The third-order valence-electron chi connectivity index (χ3n) is 6.09. The van der Waals surface area contributed by atoms with E-state index in [4.69, 9.17) is 4.74 Å². The van der Waals surface area contributed by atoms with Gasteiger partial charge in [-0.1, -0.05) is 39.8 Å². The molecular formula is C25H32O5. The summed E-state index contributed by atoms with van der Waals surface area (Å²) in [5.41, 5.74) is 0.170. The molecule has 0 bridgehead atoms. The second-order valence-corrected chi connectivity index (χ2v) is 10.2. The van der Waals surface area contributed by atoms with E-state index in [9.17, 15) is 19.5 Å². The molecule has 1 fully saturated rings. The van der Waals surface area contributed by atoms with Gasteiger partial charge in [-0.2, -0.15) is 0 Å². The topological polar surface area (TPSA) is 80.7 Å². The number of Topliss-reactive ketones (excluding diaryl/α,β-unsaturated/α-hetero) is 3. The first-order valence-electron chi connectivity index (χ1n) is 10.7. The Hall–Kier alpha value is -2.43. The number of rotatable bonds is 5. The SMILES string of the molecule is CCOc1ccc([C@H](C2=C(O)CC(C)(C)CC2=O)C2C(=O)CC(C)(C)CC2=O)cc1. The van der Waals surface area contributed by atoms with Crippen molar-refractivity contribution in [3.63, 3.8) is 0 Å². The molecule has 0 unspecified atom stereocenters. The Morgan fingerprint density at radius 1 is 0.933 bits per heavy atom. The van der Waals surface area contributed by atoms with E-state index in [1.165, 1.54) is 0 Å². The van der Waals surface area contributed by atoms with Gasteiger partial charge in [0.15, 0.2) is 5.78 Å². The van der Waals surface area contributed by atoms with Gasteiger partial charge in [0.1, 0.15) is 23.1 Å². The molecule has 3 rings (SSSR count). The summed E-state index contributed by atoms with van der Waals surface area (Å²) in [5, 5.41) is 10.9. The van der Waals surface area contributed by atoms with Crippen LogP contribution in [-0.2, 0) is 14.4 Å². The summed E-state index contributed by atoms with van der Waals surface area (Å²) in [6.07, 6.45) is 1.19. The van der Waals surface area contributed by atoms with E-state index in [2.05, 4.69) is 0 Å². The van der Waals surface area contributed by atoms with Crippen LogP contribution in [-0.4, -0.2) is 29.1 Å². The number of aliphatic hydroxyl groups is 1. The molecule has 1 atom stereocenters. The molecule has 30 heavy (non-hydrogen) atoms. The lowest BCUT2D eigenvalue weighted by Crippen LogP contribution is -2.43. The third-order valence-corrected chi connectivity index (χ3v) is 6.09. The summed E-state index contributed by atoms with van der Waals surface area (Å²) in [6.45, 7) is 10.1. The van der Waals surface area contributed by atoms with E-state index in [1.807, 2.05) is 34.6 Å².